The van der Waals surface area contributed by atoms with Gasteiger partial charge in [-0.25, -0.2) is 4.39 Å². The lowest BCUT2D eigenvalue weighted by atomic mass is 9.91. The van der Waals surface area contributed by atoms with E-state index in [0.717, 1.165) is 22.4 Å². The van der Waals surface area contributed by atoms with Crippen LogP contribution in [0.4, 0.5) is 10.1 Å². The number of amides is 1. The summed E-state index contributed by atoms with van der Waals surface area (Å²) in [5.41, 5.74) is 3.27. The Morgan fingerprint density at radius 1 is 1.21 bits per heavy atom. The topological polar surface area (TPSA) is 29.1 Å². The minimum atomic E-state index is -0.405. The number of benzene rings is 2. The number of fused-ring (bicyclic) bond motifs is 1. The van der Waals surface area contributed by atoms with Gasteiger partial charge in [0.1, 0.15) is 5.82 Å². The third kappa shape index (κ3) is 1.91. The number of hydrogen-bond acceptors (Lipinski definition) is 1. The molecule has 1 atom stereocenters. The van der Waals surface area contributed by atoms with Gasteiger partial charge in [-0.05, 0) is 35.2 Å². The molecule has 0 aromatic heterocycles. The average Bonchev–Trinajstić information content (AvgIpc) is 2.75. The van der Waals surface area contributed by atoms with Crippen LogP contribution in [-0.4, -0.2) is 5.91 Å². The molecule has 0 radical (unpaired) electrons. The van der Waals surface area contributed by atoms with Crippen molar-refractivity contribution in [3.05, 3.63) is 65.0 Å². The summed E-state index contributed by atoms with van der Waals surface area (Å²) in [6, 6.07) is 12.4. The van der Waals surface area contributed by atoms with Crippen LogP contribution in [0.15, 0.2) is 42.5 Å². The summed E-state index contributed by atoms with van der Waals surface area (Å²) in [5.74, 6) is -0.772. The van der Waals surface area contributed by atoms with Crippen LogP contribution in [0.5, 0.6) is 0 Å². The number of hydrogen-bond donors (Lipinski definition) is 1. The molecule has 0 bridgehead atoms. The standard InChI is InChI=1S/C16H14FNO/c1-2-10-8-12(17)9-13-14(16(19)18-15(10)13)11-6-4-3-5-7-11/h3-9,14H,2H2,1H3,(H,18,19). The van der Waals surface area contributed by atoms with E-state index in [0.29, 0.717) is 6.42 Å². The Balaban J connectivity index is 2.17. The summed E-state index contributed by atoms with van der Waals surface area (Å²) in [7, 11) is 0. The van der Waals surface area contributed by atoms with Gasteiger partial charge in [0, 0.05) is 5.69 Å². The first-order valence-corrected chi connectivity index (χ1v) is 6.39. The SMILES string of the molecule is CCc1cc(F)cc2c1NC(=O)C2c1ccccc1. The number of rotatable bonds is 2. The monoisotopic (exact) mass is 255 g/mol. The maximum atomic E-state index is 13.7. The predicted octanol–water partition coefficient (Wildman–Crippen LogP) is 3.47. The molecule has 1 aliphatic heterocycles. The molecule has 2 aromatic rings. The van der Waals surface area contributed by atoms with Gasteiger partial charge in [0.25, 0.3) is 0 Å². The van der Waals surface area contributed by atoms with Gasteiger partial charge in [0.05, 0.1) is 5.92 Å². The molecule has 1 N–H and O–H groups in total. The molecule has 0 spiro atoms. The smallest absolute Gasteiger partial charge is 0.236 e. The second kappa shape index (κ2) is 4.50. The maximum Gasteiger partial charge on any atom is 0.236 e. The molecule has 1 heterocycles. The van der Waals surface area contributed by atoms with E-state index in [4.69, 9.17) is 0 Å². The van der Waals surface area contributed by atoms with Crippen LogP contribution in [0.2, 0.25) is 0 Å². The lowest BCUT2D eigenvalue weighted by Gasteiger charge is -2.10. The van der Waals surface area contributed by atoms with Gasteiger partial charge in [0.15, 0.2) is 0 Å². The first-order valence-electron chi connectivity index (χ1n) is 6.39. The summed E-state index contributed by atoms with van der Waals surface area (Å²) in [6.45, 7) is 1.96. The molecule has 96 valence electrons. The Morgan fingerprint density at radius 3 is 2.63 bits per heavy atom. The number of halogens is 1. The van der Waals surface area contributed by atoms with Crippen LogP contribution in [-0.2, 0) is 11.2 Å². The van der Waals surface area contributed by atoms with Gasteiger partial charge < -0.3 is 5.32 Å². The van der Waals surface area contributed by atoms with Crippen molar-refractivity contribution >= 4 is 11.6 Å². The summed E-state index contributed by atoms with van der Waals surface area (Å²) in [6.07, 6.45) is 0.696. The molecule has 3 heteroatoms. The number of anilines is 1. The van der Waals surface area contributed by atoms with E-state index in [1.54, 1.807) is 0 Å². The van der Waals surface area contributed by atoms with Gasteiger partial charge >= 0.3 is 0 Å². The Labute approximate surface area is 111 Å². The summed E-state index contributed by atoms with van der Waals surface area (Å²) < 4.78 is 13.7. The summed E-state index contributed by atoms with van der Waals surface area (Å²) >= 11 is 0. The van der Waals surface area contributed by atoms with E-state index in [9.17, 15) is 9.18 Å². The molecule has 1 unspecified atom stereocenters. The van der Waals surface area contributed by atoms with Crippen LogP contribution < -0.4 is 5.32 Å². The molecule has 2 nitrogen and oxygen atoms in total. The summed E-state index contributed by atoms with van der Waals surface area (Å²) in [5, 5.41) is 2.89. The molecule has 1 amide bonds. The van der Waals surface area contributed by atoms with Crippen molar-refractivity contribution in [2.45, 2.75) is 19.3 Å². The van der Waals surface area contributed by atoms with E-state index < -0.39 is 5.92 Å². The number of aryl methyl sites for hydroxylation is 1. The molecule has 0 aliphatic carbocycles. The van der Waals surface area contributed by atoms with Gasteiger partial charge in [-0.3, -0.25) is 4.79 Å². The van der Waals surface area contributed by atoms with Gasteiger partial charge in [-0.15, -0.1) is 0 Å². The van der Waals surface area contributed by atoms with Crippen molar-refractivity contribution < 1.29 is 9.18 Å². The molecule has 19 heavy (non-hydrogen) atoms. The predicted molar refractivity (Wildman–Crippen MR) is 72.7 cm³/mol. The molecular formula is C16H14FNO. The van der Waals surface area contributed by atoms with Crippen LogP contribution in [0, 0.1) is 5.82 Å². The molecule has 0 fully saturated rings. The maximum absolute atomic E-state index is 13.7. The largest absolute Gasteiger partial charge is 0.325 e. The van der Waals surface area contributed by atoms with Crippen LogP contribution in [0.1, 0.15) is 29.5 Å². The number of nitrogens with one attached hydrogen (secondary N) is 1. The lowest BCUT2D eigenvalue weighted by Crippen LogP contribution is -2.13. The van der Waals surface area contributed by atoms with Crippen LogP contribution >= 0.6 is 0 Å². The highest BCUT2D eigenvalue weighted by atomic mass is 19.1. The van der Waals surface area contributed by atoms with Gasteiger partial charge in [-0.1, -0.05) is 37.3 Å². The van der Waals surface area contributed by atoms with Crippen molar-refractivity contribution in [3.8, 4) is 0 Å². The average molecular weight is 255 g/mol. The third-order valence-corrected chi connectivity index (χ3v) is 3.55. The summed E-state index contributed by atoms with van der Waals surface area (Å²) in [4.78, 5) is 12.2. The minimum Gasteiger partial charge on any atom is -0.325 e. The highest BCUT2D eigenvalue weighted by molar-refractivity contribution is 6.05. The Bertz CT molecular complexity index is 637. The van der Waals surface area contributed by atoms with E-state index in [1.807, 2.05) is 37.3 Å². The third-order valence-electron chi connectivity index (χ3n) is 3.55. The highest BCUT2D eigenvalue weighted by Gasteiger charge is 2.33. The number of carbonyl (C=O) groups excluding carboxylic acids is 1. The zero-order valence-electron chi connectivity index (χ0n) is 10.6. The van der Waals surface area contributed by atoms with Gasteiger partial charge in [0.2, 0.25) is 5.91 Å². The van der Waals surface area contributed by atoms with E-state index >= 15 is 0 Å². The van der Waals surface area contributed by atoms with E-state index in [2.05, 4.69) is 5.32 Å². The fourth-order valence-corrected chi connectivity index (χ4v) is 2.66. The quantitative estimate of drug-likeness (QED) is 0.874. The zero-order chi connectivity index (χ0) is 13.4. The minimum absolute atomic E-state index is 0.0819. The normalized spacial score (nSPS) is 17.2. The first-order chi connectivity index (χ1) is 9.20. The lowest BCUT2D eigenvalue weighted by molar-refractivity contribution is -0.116. The van der Waals surface area contributed by atoms with Crippen molar-refractivity contribution in [1.29, 1.82) is 0 Å². The molecule has 0 saturated carbocycles. The van der Waals surface area contributed by atoms with Crippen molar-refractivity contribution in [1.82, 2.24) is 0 Å². The fraction of sp³-hybridized carbons (Fsp3) is 0.188. The molecule has 1 aliphatic rings. The molecule has 2 aromatic carbocycles. The van der Waals surface area contributed by atoms with Crippen molar-refractivity contribution in [3.63, 3.8) is 0 Å². The van der Waals surface area contributed by atoms with Crippen LogP contribution in [0.3, 0.4) is 0 Å². The van der Waals surface area contributed by atoms with Crippen LogP contribution in [0.25, 0.3) is 0 Å². The zero-order valence-corrected chi connectivity index (χ0v) is 10.6. The molecule has 3 rings (SSSR count). The highest BCUT2D eigenvalue weighted by Crippen LogP contribution is 2.39. The molecular weight excluding hydrogens is 241 g/mol. The molecule has 0 saturated heterocycles. The van der Waals surface area contributed by atoms with E-state index in [1.165, 1.54) is 12.1 Å². The number of carbonyl (C=O) groups is 1. The van der Waals surface area contributed by atoms with E-state index in [-0.39, 0.29) is 11.7 Å². The Morgan fingerprint density at radius 2 is 1.95 bits per heavy atom. The second-order valence-corrected chi connectivity index (χ2v) is 4.72. The Hall–Kier alpha value is -2.16. The van der Waals surface area contributed by atoms with Crippen molar-refractivity contribution in [2.75, 3.05) is 5.32 Å². The Kier molecular flexibility index (Phi) is 2.82. The first kappa shape index (κ1) is 11.9. The van der Waals surface area contributed by atoms with Crippen molar-refractivity contribution in [2.24, 2.45) is 0 Å². The van der Waals surface area contributed by atoms with Gasteiger partial charge in [-0.2, -0.15) is 0 Å². The fourth-order valence-electron chi connectivity index (χ4n) is 2.66. The second-order valence-electron chi connectivity index (χ2n) is 4.72.